The van der Waals surface area contributed by atoms with Gasteiger partial charge < -0.3 is 5.73 Å². The third-order valence-electron chi connectivity index (χ3n) is 2.40. The van der Waals surface area contributed by atoms with Crippen LogP contribution < -0.4 is 11.3 Å². The van der Waals surface area contributed by atoms with Gasteiger partial charge in [-0.25, -0.2) is 4.98 Å². The van der Waals surface area contributed by atoms with Gasteiger partial charge in [-0.3, -0.25) is 9.78 Å². The van der Waals surface area contributed by atoms with E-state index in [-0.39, 0.29) is 11.5 Å². The largest absolute Gasteiger partial charge is 0.369 e. The third-order valence-corrected chi connectivity index (χ3v) is 3.57. The molecule has 0 aliphatic carbocycles. The highest BCUT2D eigenvalue weighted by Gasteiger charge is 2.08. The van der Waals surface area contributed by atoms with Crippen LogP contribution in [0.1, 0.15) is 11.8 Å². The summed E-state index contributed by atoms with van der Waals surface area (Å²) in [5, 5.41) is 0.574. The summed E-state index contributed by atoms with van der Waals surface area (Å²) in [5.74, 6) is 0.147. The van der Waals surface area contributed by atoms with Gasteiger partial charge in [-0.05, 0) is 18.6 Å². The number of aromatic amines is 1. The van der Waals surface area contributed by atoms with Crippen molar-refractivity contribution in [3.05, 3.63) is 52.2 Å². The van der Waals surface area contributed by atoms with Crippen molar-refractivity contribution in [2.75, 3.05) is 5.73 Å². The molecule has 0 aliphatic heterocycles. The fourth-order valence-electron chi connectivity index (χ4n) is 1.50. The number of allylic oxidation sites excluding steroid dienone is 5. The van der Waals surface area contributed by atoms with Gasteiger partial charge in [-0.15, -0.1) is 11.3 Å². The molecule has 0 spiro atoms. The molecule has 0 unspecified atom stereocenters. The molecule has 3 N–H and O–H groups in total. The Hall–Kier alpha value is -2.14. The van der Waals surface area contributed by atoms with E-state index in [0.29, 0.717) is 10.2 Å². The minimum Gasteiger partial charge on any atom is -0.369 e. The number of rotatable bonds is 3. The first kappa shape index (κ1) is 12.3. The zero-order valence-electron chi connectivity index (χ0n) is 9.93. The molecule has 0 aromatic carbocycles. The van der Waals surface area contributed by atoms with E-state index in [4.69, 9.17) is 5.73 Å². The monoisotopic (exact) mass is 259 g/mol. The molecule has 2 aromatic rings. The zero-order valence-corrected chi connectivity index (χ0v) is 10.8. The number of nitrogen functional groups attached to an aromatic ring is 1. The number of thiophene rings is 1. The smallest absolute Gasteiger partial charge is 0.261 e. The van der Waals surface area contributed by atoms with Crippen molar-refractivity contribution in [3.8, 4) is 0 Å². The van der Waals surface area contributed by atoms with E-state index >= 15 is 0 Å². The van der Waals surface area contributed by atoms with Crippen molar-refractivity contribution in [1.82, 2.24) is 9.97 Å². The van der Waals surface area contributed by atoms with E-state index in [2.05, 4.69) is 16.5 Å². The molecular weight excluding hydrogens is 246 g/mol. The summed E-state index contributed by atoms with van der Waals surface area (Å²) in [6.07, 6.45) is 7.42. The molecule has 0 atom stereocenters. The molecule has 0 aliphatic rings. The Balaban J connectivity index is 2.51. The highest BCUT2D eigenvalue weighted by atomic mass is 32.1. The summed E-state index contributed by atoms with van der Waals surface area (Å²) in [6, 6.07) is 1.83. The second-order valence-electron chi connectivity index (χ2n) is 3.75. The van der Waals surface area contributed by atoms with E-state index in [1.54, 1.807) is 6.08 Å². The first-order valence-corrected chi connectivity index (χ1v) is 6.19. The third kappa shape index (κ3) is 2.41. The van der Waals surface area contributed by atoms with E-state index in [9.17, 15) is 4.79 Å². The van der Waals surface area contributed by atoms with Gasteiger partial charge in [0, 0.05) is 4.88 Å². The molecule has 2 heterocycles. The summed E-state index contributed by atoms with van der Waals surface area (Å²) in [4.78, 5) is 19.9. The van der Waals surface area contributed by atoms with Gasteiger partial charge in [0.1, 0.15) is 4.83 Å². The number of nitrogens with one attached hydrogen (secondary N) is 1. The van der Waals surface area contributed by atoms with Gasteiger partial charge in [0.25, 0.3) is 5.56 Å². The Morgan fingerprint density at radius 3 is 3.06 bits per heavy atom. The Kier molecular flexibility index (Phi) is 3.43. The normalized spacial score (nSPS) is 12.4. The van der Waals surface area contributed by atoms with Crippen LogP contribution in [0.4, 0.5) is 5.95 Å². The molecule has 4 nitrogen and oxygen atoms in total. The molecule has 0 amide bonds. The minimum absolute atomic E-state index is 0.147. The number of aromatic nitrogens is 2. The Bertz CT molecular complexity index is 707. The fraction of sp³-hybridized carbons (Fsp3) is 0.0769. The molecule has 0 fully saturated rings. The number of hydrogen-bond acceptors (Lipinski definition) is 4. The molecule has 2 aromatic heterocycles. The summed E-state index contributed by atoms with van der Waals surface area (Å²) in [5.41, 5.74) is 6.38. The molecule has 0 radical (unpaired) electrons. The van der Waals surface area contributed by atoms with E-state index in [0.717, 1.165) is 10.5 Å². The highest BCUT2D eigenvalue weighted by molar-refractivity contribution is 7.19. The number of nitrogens with two attached hydrogens (primary N) is 1. The average molecular weight is 259 g/mol. The fourth-order valence-corrected chi connectivity index (χ4v) is 2.52. The lowest BCUT2D eigenvalue weighted by atomic mass is 10.2. The first-order chi connectivity index (χ1) is 8.61. The lowest BCUT2D eigenvalue weighted by molar-refractivity contribution is 1.20. The molecule has 5 heteroatoms. The van der Waals surface area contributed by atoms with Crippen LogP contribution in [-0.4, -0.2) is 9.97 Å². The standard InChI is InChI=1S/C13H13N3OS/c1-3-4-5-6-8(2)10-7-9-11(17)15-13(14)16-12(9)18-10/h3-7H,1H2,2H3,(H3,14,15,16,17)/b5-4-,8-6+. The number of nitrogens with zero attached hydrogens (tertiary/aromatic N) is 1. The number of H-pyrrole nitrogens is 1. The van der Waals surface area contributed by atoms with Crippen molar-refractivity contribution in [1.29, 1.82) is 0 Å². The van der Waals surface area contributed by atoms with Crippen LogP contribution in [0.2, 0.25) is 0 Å². The summed E-state index contributed by atoms with van der Waals surface area (Å²) in [6.45, 7) is 5.59. The van der Waals surface area contributed by atoms with Crippen LogP contribution in [0.25, 0.3) is 15.8 Å². The van der Waals surface area contributed by atoms with Crippen molar-refractivity contribution in [2.45, 2.75) is 6.92 Å². The van der Waals surface area contributed by atoms with Gasteiger partial charge >= 0.3 is 0 Å². The van der Waals surface area contributed by atoms with Crippen LogP contribution >= 0.6 is 11.3 Å². The van der Waals surface area contributed by atoms with Gasteiger partial charge in [-0.1, -0.05) is 30.9 Å². The van der Waals surface area contributed by atoms with Crippen molar-refractivity contribution < 1.29 is 0 Å². The van der Waals surface area contributed by atoms with Crippen molar-refractivity contribution in [3.63, 3.8) is 0 Å². The summed E-state index contributed by atoms with van der Waals surface area (Å²) >= 11 is 1.45. The van der Waals surface area contributed by atoms with E-state index in [1.165, 1.54) is 11.3 Å². The Morgan fingerprint density at radius 1 is 1.56 bits per heavy atom. The zero-order chi connectivity index (χ0) is 13.1. The quantitative estimate of drug-likeness (QED) is 0.832. The molecule has 0 saturated heterocycles. The van der Waals surface area contributed by atoms with Crippen LogP contribution in [0.3, 0.4) is 0 Å². The molecule has 18 heavy (non-hydrogen) atoms. The minimum atomic E-state index is -0.200. The molecule has 0 bridgehead atoms. The maximum Gasteiger partial charge on any atom is 0.261 e. The number of anilines is 1. The van der Waals surface area contributed by atoms with Crippen LogP contribution in [-0.2, 0) is 0 Å². The topological polar surface area (TPSA) is 71.8 Å². The molecule has 0 saturated carbocycles. The Morgan fingerprint density at radius 2 is 2.33 bits per heavy atom. The van der Waals surface area contributed by atoms with Crippen molar-refractivity contribution in [2.24, 2.45) is 0 Å². The van der Waals surface area contributed by atoms with Crippen LogP contribution in [0.5, 0.6) is 0 Å². The van der Waals surface area contributed by atoms with E-state index in [1.807, 2.05) is 31.2 Å². The van der Waals surface area contributed by atoms with Crippen LogP contribution in [0, 0.1) is 0 Å². The van der Waals surface area contributed by atoms with Gasteiger partial charge in [0.15, 0.2) is 0 Å². The average Bonchev–Trinajstić information content (AvgIpc) is 2.73. The summed E-state index contributed by atoms with van der Waals surface area (Å²) in [7, 11) is 0. The number of fused-ring (bicyclic) bond motifs is 1. The molecule has 92 valence electrons. The first-order valence-electron chi connectivity index (χ1n) is 5.37. The molecular formula is C13H13N3OS. The van der Waals surface area contributed by atoms with Gasteiger partial charge in [0.2, 0.25) is 5.95 Å². The van der Waals surface area contributed by atoms with Crippen LogP contribution in [0.15, 0.2) is 41.7 Å². The second-order valence-corrected chi connectivity index (χ2v) is 4.78. The van der Waals surface area contributed by atoms with Gasteiger partial charge in [0.05, 0.1) is 5.39 Å². The predicted molar refractivity (Wildman–Crippen MR) is 77.6 cm³/mol. The van der Waals surface area contributed by atoms with Crippen molar-refractivity contribution >= 4 is 33.1 Å². The number of hydrogen-bond donors (Lipinski definition) is 2. The van der Waals surface area contributed by atoms with E-state index < -0.39 is 0 Å². The second kappa shape index (κ2) is 5.01. The highest BCUT2D eigenvalue weighted by Crippen LogP contribution is 2.27. The maximum atomic E-state index is 11.7. The predicted octanol–water partition coefficient (Wildman–Crippen LogP) is 2.71. The van der Waals surface area contributed by atoms with Gasteiger partial charge in [-0.2, -0.15) is 0 Å². The Labute approximate surface area is 108 Å². The SMILES string of the molecule is C=C/C=C\C=C(/C)c1cc2c(=O)[nH]c(N)nc2s1. The molecule has 2 rings (SSSR count). The summed E-state index contributed by atoms with van der Waals surface area (Å²) < 4.78 is 0. The maximum absolute atomic E-state index is 11.7. The lowest BCUT2D eigenvalue weighted by Gasteiger charge is -1.91. The lowest BCUT2D eigenvalue weighted by Crippen LogP contribution is -2.09.